The van der Waals surface area contributed by atoms with E-state index in [0.717, 1.165) is 11.3 Å². The molecule has 2 rings (SSSR count). The number of anilines is 1. The van der Waals surface area contributed by atoms with Crippen LogP contribution in [0, 0.1) is 6.92 Å². The number of hydrogen-bond acceptors (Lipinski definition) is 3. The molecule has 1 aromatic rings. The molecular formula is C13H17ClN2O2S. The monoisotopic (exact) mass is 300 g/mol. The number of carbonyl (C=O) groups is 1. The fourth-order valence-electron chi connectivity index (χ4n) is 1.87. The van der Waals surface area contributed by atoms with Crippen LogP contribution in [0.15, 0.2) is 18.2 Å². The molecule has 1 fully saturated rings. The van der Waals surface area contributed by atoms with E-state index in [9.17, 15) is 9.90 Å². The minimum Gasteiger partial charge on any atom is -0.387 e. The Hall–Kier alpha value is -0.910. The maximum absolute atomic E-state index is 11.7. The van der Waals surface area contributed by atoms with Gasteiger partial charge in [0.1, 0.15) is 0 Å². The molecule has 0 aliphatic carbocycles. The molecule has 1 aliphatic rings. The highest BCUT2D eigenvalue weighted by atomic mass is 35.5. The van der Waals surface area contributed by atoms with Gasteiger partial charge in [0.2, 0.25) is 0 Å². The topological polar surface area (TPSA) is 61.4 Å². The van der Waals surface area contributed by atoms with Crippen molar-refractivity contribution >= 4 is 35.1 Å². The van der Waals surface area contributed by atoms with Crippen LogP contribution in [0.4, 0.5) is 10.5 Å². The normalized spacial score (nSPS) is 22.3. The fourth-order valence-corrected chi connectivity index (χ4v) is 3.45. The van der Waals surface area contributed by atoms with Crippen LogP contribution in [-0.4, -0.2) is 34.8 Å². The van der Waals surface area contributed by atoms with Crippen LogP contribution >= 0.6 is 23.4 Å². The molecule has 1 aromatic carbocycles. The summed E-state index contributed by atoms with van der Waals surface area (Å²) in [6.45, 7) is 2.19. The Morgan fingerprint density at radius 2 is 2.37 bits per heavy atom. The molecule has 3 N–H and O–H groups in total. The summed E-state index contributed by atoms with van der Waals surface area (Å²) in [5.74, 6) is 1.60. The Morgan fingerprint density at radius 1 is 1.58 bits per heavy atom. The quantitative estimate of drug-likeness (QED) is 0.804. The van der Waals surface area contributed by atoms with E-state index in [1.807, 2.05) is 13.0 Å². The van der Waals surface area contributed by atoms with E-state index in [1.54, 1.807) is 23.9 Å². The Balaban J connectivity index is 1.87. The van der Waals surface area contributed by atoms with Crippen molar-refractivity contribution in [1.82, 2.24) is 5.32 Å². The van der Waals surface area contributed by atoms with Gasteiger partial charge in [-0.1, -0.05) is 17.7 Å². The van der Waals surface area contributed by atoms with Gasteiger partial charge in [0, 0.05) is 12.3 Å². The van der Waals surface area contributed by atoms with Gasteiger partial charge < -0.3 is 15.7 Å². The van der Waals surface area contributed by atoms with Crippen LogP contribution in [0.1, 0.15) is 12.0 Å². The average molecular weight is 301 g/mol. The lowest BCUT2D eigenvalue weighted by Crippen LogP contribution is -2.44. The summed E-state index contributed by atoms with van der Waals surface area (Å²) in [7, 11) is 0. The Bertz CT molecular complexity index is 476. The number of amides is 2. The number of rotatable bonds is 3. The Morgan fingerprint density at radius 3 is 3.00 bits per heavy atom. The van der Waals surface area contributed by atoms with Crippen LogP contribution in [-0.2, 0) is 0 Å². The number of carbonyl (C=O) groups excluding carboxylic acids is 1. The lowest BCUT2D eigenvalue weighted by molar-refractivity contribution is 0.0706. The van der Waals surface area contributed by atoms with Crippen molar-refractivity contribution in [3.8, 4) is 0 Å². The fraction of sp³-hybridized carbons (Fsp3) is 0.462. The molecule has 19 heavy (non-hydrogen) atoms. The van der Waals surface area contributed by atoms with E-state index in [4.69, 9.17) is 11.6 Å². The highest BCUT2D eigenvalue weighted by Gasteiger charge is 2.31. The van der Waals surface area contributed by atoms with Crippen molar-refractivity contribution in [2.24, 2.45) is 0 Å². The number of benzene rings is 1. The molecule has 1 unspecified atom stereocenters. The number of halogens is 1. The number of nitrogens with one attached hydrogen (secondary N) is 2. The van der Waals surface area contributed by atoms with E-state index >= 15 is 0 Å². The van der Waals surface area contributed by atoms with Gasteiger partial charge in [-0.05, 0) is 36.8 Å². The summed E-state index contributed by atoms with van der Waals surface area (Å²) < 4.78 is 0. The van der Waals surface area contributed by atoms with Gasteiger partial charge in [-0.2, -0.15) is 11.8 Å². The first-order chi connectivity index (χ1) is 8.98. The lowest BCUT2D eigenvalue weighted by atomic mass is 10.0. The van der Waals surface area contributed by atoms with E-state index in [0.29, 0.717) is 22.9 Å². The Labute approximate surface area is 121 Å². The molecule has 6 heteroatoms. The number of thioether (sulfide) groups is 1. The Kier molecular flexibility index (Phi) is 4.60. The third-order valence-corrected chi connectivity index (χ3v) is 4.58. The molecule has 0 spiro atoms. The molecule has 1 atom stereocenters. The first-order valence-electron chi connectivity index (χ1n) is 6.10. The van der Waals surface area contributed by atoms with E-state index in [-0.39, 0.29) is 12.6 Å². The minimum absolute atomic E-state index is 0.259. The summed E-state index contributed by atoms with van der Waals surface area (Å²) in [6.07, 6.45) is 0.712. The van der Waals surface area contributed by atoms with Gasteiger partial charge in [-0.15, -0.1) is 0 Å². The second-order valence-electron chi connectivity index (χ2n) is 4.82. The van der Waals surface area contributed by atoms with Crippen molar-refractivity contribution in [2.45, 2.75) is 18.9 Å². The van der Waals surface area contributed by atoms with Crippen molar-refractivity contribution in [3.05, 3.63) is 28.8 Å². The second kappa shape index (κ2) is 6.03. The first-order valence-corrected chi connectivity index (χ1v) is 7.63. The second-order valence-corrected chi connectivity index (χ2v) is 6.33. The average Bonchev–Trinajstić information content (AvgIpc) is 2.78. The zero-order valence-electron chi connectivity index (χ0n) is 10.7. The highest BCUT2D eigenvalue weighted by Crippen LogP contribution is 2.27. The van der Waals surface area contributed by atoms with E-state index in [2.05, 4.69) is 10.6 Å². The smallest absolute Gasteiger partial charge is 0.319 e. The molecule has 0 saturated carbocycles. The number of hydrogen-bond donors (Lipinski definition) is 3. The predicted octanol–water partition coefficient (Wildman–Crippen LogP) is 2.64. The van der Waals surface area contributed by atoms with Crippen molar-refractivity contribution < 1.29 is 9.90 Å². The van der Waals surface area contributed by atoms with E-state index < -0.39 is 5.60 Å². The highest BCUT2D eigenvalue weighted by molar-refractivity contribution is 7.99. The number of aliphatic hydroxyl groups is 1. The van der Waals surface area contributed by atoms with Gasteiger partial charge >= 0.3 is 6.03 Å². The van der Waals surface area contributed by atoms with Gasteiger partial charge in [0.25, 0.3) is 0 Å². The van der Waals surface area contributed by atoms with Crippen molar-refractivity contribution in [2.75, 3.05) is 23.4 Å². The molecule has 0 radical (unpaired) electrons. The lowest BCUT2D eigenvalue weighted by Gasteiger charge is -2.21. The summed E-state index contributed by atoms with van der Waals surface area (Å²) in [5, 5.41) is 16.0. The first kappa shape index (κ1) is 14.5. The predicted molar refractivity (Wildman–Crippen MR) is 80.1 cm³/mol. The van der Waals surface area contributed by atoms with Crippen LogP contribution in [0.2, 0.25) is 5.02 Å². The zero-order chi connectivity index (χ0) is 13.9. The van der Waals surface area contributed by atoms with Crippen LogP contribution in [0.3, 0.4) is 0 Å². The summed E-state index contributed by atoms with van der Waals surface area (Å²) in [5.41, 5.74) is 0.824. The molecule has 0 bridgehead atoms. The summed E-state index contributed by atoms with van der Waals surface area (Å²) >= 11 is 7.73. The maximum Gasteiger partial charge on any atom is 0.319 e. The van der Waals surface area contributed by atoms with Crippen LogP contribution in [0.25, 0.3) is 0 Å². The third kappa shape index (κ3) is 4.03. The van der Waals surface area contributed by atoms with Gasteiger partial charge in [0.15, 0.2) is 0 Å². The molecule has 4 nitrogen and oxygen atoms in total. The molecule has 2 amide bonds. The molecule has 0 aromatic heterocycles. The number of aryl methyl sites for hydroxylation is 1. The zero-order valence-corrected chi connectivity index (χ0v) is 12.3. The molecule has 1 aliphatic heterocycles. The third-order valence-electron chi connectivity index (χ3n) is 3.03. The van der Waals surface area contributed by atoms with Gasteiger partial charge in [-0.25, -0.2) is 4.79 Å². The summed E-state index contributed by atoms with van der Waals surface area (Å²) in [6, 6.07) is 5.08. The van der Waals surface area contributed by atoms with Gasteiger partial charge in [0.05, 0.1) is 16.3 Å². The molecule has 1 saturated heterocycles. The number of urea groups is 1. The standard InChI is InChI=1S/C13H17ClN2O2S/c1-9-2-3-11(10(14)6-9)16-12(17)15-7-13(18)4-5-19-8-13/h2-3,6,18H,4-5,7-8H2,1H3,(H2,15,16,17). The van der Waals surface area contributed by atoms with Crippen molar-refractivity contribution in [3.63, 3.8) is 0 Å². The molecule has 104 valence electrons. The van der Waals surface area contributed by atoms with Crippen molar-refractivity contribution in [1.29, 1.82) is 0 Å². The van der Waals surface area contributed by atoms with Gasteiger partial charge in [-0.3, -0.25) is 0 Å². The molecular weight excluding hydrogens is 284 g/mol. The van der Waals surface area contributed by atoms with Crippen LogP contribution in [0.5, 0.6) is 0 Å². The summed E-state index contributed by atoms with van der Waals surface area (Å²) in [4.78, 5) is 11.7. The maximum atomic E-state index is 11.7. The van der Waals surface area contributed by atoms with Crippen LogP contribution < -0.4 is 10.6 Å². The largest absolute Gasteiger partial charge is 0.387 e. The molecule has 1 heterocycles. The van der Waals surface area contributed by atoms with E-state index in [1.165, 1.54) is 0 Å². The SMILES string of the molecule is Cc1ccc(NC(=O)NCC2(O)CCSC2)c(Cl)c1. The minimum atomic E-state index is -0.779.